The number of hydrogen-bond donors (Lipinski definition) is 1. The maximum absolute atomic E-state index is 12.0. The van der Waals surface area contributed by atoms with Gasteiger partial charge in [0.15, 0.2) is 0 Å². The molecule has 2 amide bonds. The van der Waals surface area contributed by atoms with Gasteiger partial charge in [0.05, 0.1) is 6.54 Å². The van der Waals surface area contributed by atoms with Crippen LogP contribution in [0.1, 0.15) is 27.2 Å². The SMILES string of the molecule is CC(C)(C)NC(=O)N1CC[C@H](Oc2ccc(Br)cn2)C1. The molecule has 5 nitrogen and oxygen atoms in total. The second kappa shape index (κ2) is 5.99. The Kier molecular flexibility index (Phi) is 4.52. The molecule has 0 radical (unpaired) electrons. The van der Waals surface area contributed by atoms with Crippen molar-refractivity contribution in [2.45, 2.75) is 38.8 Å². The van der Waals surface area contributed by atoms with Crippen molar-refractivity contribution in [3.05, 3.63) is 22.8 Å². The van der Waals surface area contributed by atoms with Crippen LogP contribution in [0.5, 0.6) is 5.88 Å². The third-order valence-corrected chi connectivity index (χ3v) is 3.37. The van der Waals surface area contributed by atoms with Gasteiger partial charge in [0.25, 0.3) is 0 Å². The molecule has 0 bridgehead atoms. The molecule has 1 fully saturated rings. The lowest BCUT2D eigenvalue weighted by Crippen LogP contribution is -2.48. The minimum absolute atomic E-state index is 0.00870. The summed E-state index contributed by atoms with van der Waals surface area (Å²) in [6, 6.07) is 3.68. The number of likely N-dealkylation sites (tertiary alicyclic amines) is 1. The number of pyridine rings is 1. The van der Waals surface area contributed by atoms with E-state index >= 15 is 0 Å². The lowest BCUT2D eigenvalue weighted by molar-refractivity contribution is 0.178. The zero-order valence-corrected chi connectivity index (χ0v) is 13.6. The summed E-state index contributed by atoms with van der Waals surface area (Å²) in [6.45, 7) is 7.23. The highest BCUT2D eigenvalue weighted by molar-refractivity contribution is 9.10. The highest BCUT2D eigenvalue weighted by atomic mass is 79.9. The molecule has 1 atom stereocenters. The van der Waals surface area contributed by atoms with Crippen LogP contribution in [0.3, 0.4) is 0 Å². The Morgan fingerprint density at radius 3 is 2.85 bits per heavy atom. The van der Waals surface area contributed by atoms with Crippen LogP contribution in [0, 0.1) is 0 Å². The molecule has 0 spiro atoms. The number of carbonyl (C=O) groups excluding carboxylic acids is 1. The van der Waals surface area contributed by atoms with Gasteiger partial charge in [0.2, 0.25) is 5.88 Å². The molecule has 0 aromatic carbocycles. The van der Waals surface area contributed by atoms with Crippen molar-refractivity contribution in [3.8, 4) is 5.88 Å². The number of rotatable bonds is 2. The molecule has 2 heterocycles. The largest absolute Gasteiger partial charge is 0.472 e. The number of aromatic nitrogens is 1. The summed E-state index contributed by atoms with van der Waals surface area (Å²) in [5.41, 5.74) is -0.219. The van der Waals surface area contributed by atoms with Crippen LogP contribution in [0.4, 0.5) is 4.79 Å². The van der Waals surface area contributed by atoms with Crippen LogP contribution in [-0.2, 0) is 0 Å². The van der Waals surface area contributed by atoms with Gasteiger partial charge in [-0.25, -0.2) is 9.78 Å². The number of amides is 2. The quantitative estimate of drug-likeness (QED) is 0.899. The van der Waals surface area contributed by atoms with Crippen molar-refractivity contribution in [3.63, 3.8) is 0 Å². The maximum Gasteiger partial charge on any atom is 0.317 e. The van der Waals surface area contributed by atoms with Crippen LogP contribution in [0.15, 0.2) is 22.8 Å². The van der Waals surface area contributed by atoms with Crippen LogP contribution < -0.4 is 10.1 Å². The van der Waals surface area contributed by atoms with Crippen molar-refractivity contribution in [2.75, 3.05) is 13.1 Å². The Bertz CT molecular complexity index is 470. The Morgan fingerprint density at radius 1 is 1.50 bits per heavy atom. The van der Waals surface area contributed by atoms with E-state index < -0.39 is 0 Å². The second-order valence-corrected chi connectivity index (χ2v) is 6.89. The lowest BCUT2D eigenvalue weighted by atomic mass is 10.1. The number of ether oxygens (including phenoxy) is 1. The molecule has 1 saturated heterocycles. The van der Waals surface area contributed by atoms with Gasteiger partial charge >= 0.3 is 6.03 Å². The van der Waals surface area contributed by atoms with Crippen molar-refractivity contribution < 1.29 is 9.53 Å². The molecule has 0 saturated carbocycles. The van der Waals surface area contributed by atoms with Crippen LogP contribution in [-0.4, -0.2) is 40.6 Å². The lowest BCUT2D eigenvalue weighted by Gasteiger charge is -2.25. The number of nitrogens with zero attached hydrogens (tertiary/aromatic N) is 2. The first-order valence-corrected chi connectivity index (χ1v) is 7.48. The van der Waals surface area contributed by atoms with Crippen molar-refractivity contribution in [2.24, 2.45) is 0 Å². The maximum atomic E-state index is 12.0. The Labute approximate surface area is 127 Å². The van der Waals surface area contributed by atoms with Crippen molar-refractivity contribution in [1.82, 2.24) is 15.2 Å². The van der Waals surface area contributed by atoms with E-state index in [-0.39, 0.29) is 17.7 Å². The Balaban J connectivity index is 1.86. The number of carbonyl (C=O) groups is 1. The molecule has 6 heteroatoms. The van der Waals surface area contributed by atoms with E-state index in [1.807, 2.05) is 32.9 Å². The number of nitrogens with one attached hydrogen (secondary N) is 1. The predicted octanol–water partition coefficient (Wildman–Crippen LogP) is 2.81. The third kappa shape index (κ3) is 4.37. The van der Waals surface area contributed by atoms with E-state index in [0.717, 1.165) is 10.9 Å². The standard InChI is InChI=1S/C14H20BrN3O2/c1-14(2,3)17-13(19)18-7-6-11(9-18)20-12-5-4-10(15)8-16-12/h4-5,8,11H,6-7,9H2,1-3H3,(H,17,19)/t11-/m0/s1. The number of urea groups is 1. The van der Waals surface area contributed by atoms with E-state index in [0.29, 0.717) is 19.0 Å². The predicted molar refractivity (Wildman–Crippen MR) is 80.8 cm³/mol. The van der Waals surface area contributed by atoms with Gasteiger partial charge < -0.3 is 15.0 Å². The molecule has 0 aliphatic carbocycles. The highest BCUT2D eigenvalue weighted by Crippen LogP contribution is 2.18. The molecule has 1 N–H and O–H groups in total. The van der Waals surface area contributed by atoms with E-state index in [4.69, 9.17) is 4.74 Å². The fourth-order valence-corrected chi connectivity index (χ4v) is 2.25. The first-order chi connectivity index (χ1) is 9.33. The first kappa shape index (κ1) is 15.1. The molecule has 2 rings (SSSR count). The summed E-state index contributed by atoms with van der Waals surface area (Å²) in [7, 11) is 0. The summed E-state index contributed by atoms with van der Waals surface area (Å²) >= 11 is 3.34. The smallest absolute Gasteiger partial charge is 0.317 e. The van der Waals surface area contributed by atoms with Gasteiger partial charge in [-0.1, -0.05) is 0 Å². The van der Waals surface area contributed by atoms with Crippen LogP contribution in [0.2, 0.25) is 0 Å². The molecule has 1 aromatic heterocycles. The van der Waals surface area contributed by atoms with E-state index in [9.17, 15) is 4.79 Å². The van der Waals surface area contributed by atoms with Gasteiger partial charge in [0, 0.05) is 35.2 Å². The zero-order valence-electron chi connectivity index (χ0n) is 12.0. The fraction of sp³-hybridized carbons (Fsp3) is 0.571. The monoisotopic (exact) mass is 341 g/mol. The third-order valence-electron chi connectivity index (χ3n) is 2.90. The van der Waals surface area contributed by atoms with E-state index in [1.165, 1.54) is 0 Å². The van der Waals surface area contributed by atoms with Crippen LogP contribution in [0.25, 0.3) is 0 Å². The average Bonchev–Trinajstić information content (AvgIpc) is 2.79. The molecule has 1 aliphatic heterocycles. The molecule has 20 heavy (non-hydrogen) atoms. The van der Waals surface area contributed by atoms with Gasteiger partial charge in [0.1, 0.15) is 6.10 Å². The average molecular weight is 342 g/mol. The molecular weight excluding hydrogens is 322 g/mol. The Morgan fingerprint density at radius 2 is 2.25 bits per heavy atom. The minimum Gasteiger partial charge on any atom is -0.472 e. The fourth-order valence-electron chi connectivity index (χ4n) is 2.01. The molecule has 1 aliphatic rings. The number of halogens is 1. The highest BCUT2D eigenvalue weighted by Gasteiger charge is 2.29. The Hall–Kier alpha value is -1.30. The minimum atomic E-state index is -0.219. The number of hydrogen-bond acceptors (Lipinski definition) is 3. The zero-order chi connectivity index (χ0) is 14.8. The van der Waals surface area contributed by atoms with Crippen molar-refractivity contribution in [1.29, 1.82) is 0 Å². The molecule has 1 aromatic rings. The summed E-state index contributed by atoms with van der Waals surface area (Å²) < 4.78 is 6.71. The summed E-state index contributed by atoms with van der Waals surface area (Å²) in [6.07, 6.45) is 2.54. The topological polar surface area (TPSA) is 54.5 Å². The molecular formula is C14H20BrN3O2. The molecule has 110 valence electrons. The van der Waals surface area contributed by atoms with Gasteiger partial charge in [-0.15, -0.1) is 0 Å². The molecule has 0 unspecified atom stereocenters. The first-order valence-electron chi connectivity index (χ1n) is 6.69. The van der Waals surface area contributed by atoms with Crippen molar-refractivity contribution >= 4 is 22.0 Å². The normalized spacial score (nSPS) is 19.0. The van der Waals surface area contributed by atoms with E-state index in [1.54, 1.807) is 11.1 Å². The second-order valence-electron chi connectivity index (χ2n) is 5.97. The summed E-state index contributed by atoms with van der Waals surface area (Å²) in [5.74, 6) is 0.594. The van der Waals surface area contributed by atoms with Crippen LogP contribution >= 0.6 is 15.9 Å². The van der Waals surface area contributed by atoms with Gasteiger partial charge in [-0.3, -0.25) is 0 Å². The summed E-state index contributed by atoms with van der Waals surface area (Å²) in [5, 5.41) is 2.96. The van der Waals surface area contributed by atoms with E-state index in [2.05, 4.69) is 26.2 Å². The summed E-state index contributed by atoms with van der Waals surface area (Å²) in [4.78, 5) is 18.0. The van der Waals surface area contributed by atoms with Gasteiger partial charge in [-0.2, -0.15) is 0 Å². The van der Waals surface area contributed by atoms with Gasteiger partial charge in [-0.05, 0) is 42.8 Å².